The predicted octanol–water partition coefficient (Wildman–Crippen LogP) is 4.52. The van der Waals surface area contributed by atoms with Crippen LogP contribution in [0.5, 0.6) is 11.5 Å². The van der Waals surface area contributed by atoms with Gasteiger partial charge in [0.1, 0.15) is 0 Å². The molecule has 134 valence electrons. The van der Waals surface area contributed by atoms with E-state index in [1.165, 1.54) is 19.3 Å². The van der Waals surface area contributed by atoms with Crippen LogP contribution in [0.1, 0.15) is 63.2 Å². The molecule has 4 heteroatoms. The average Bonchev–Trinajstić information content (AvgIpc) is 2.60. The first kappa shape index (κ1) is 18.6. The molecule has 1 fully saturated rings. The molecule has 0 heterocycles. The van der Waals surface area contributed by atoms with Crippen molar-refractivity contribution in [1.29, 1.82) is 0 Å². The maximum absolute atomic E-state index is 12.9. The number of amides is 1. The Balaban J connectivity index is 2.17. The fourth-order valence-corrected chi connectivity index (χ4v) is 3.47. The maximum atomic E-state index is 12.9. The Bertz CT molecular complexity index is 544. The second-order valence-corrected chi connectivity index (χ2v) is 6.69. The lowest BCUT2D eigenvalue weighted by molar-refractivity contribution is 0.0628. The smallest absolute Gasteiger partial charge is 0.253 e. The number of rotatable bonds is 7. The molecule has 1 aromatic carbocycles. The lowest BCUT2D eigenvalue weighted by Crippen LogP contribution is -2.42. The highest BCUT2D eigenvalue weighted by atomic mass is 16.5. The van der Waals surface area contributed by atoms with Gasteiger partial charge in [-0.05, 0) is 50.3 Å². The van der Waals surface area contributed by atoms with Crippen LogP contribution >= 0.6 is 0 Å². The topological polar surface area (TPSA) is 38.8 Å². The van der Waals surface area contributed by atoms with Gasteiger partial charge in [-0.3, -0.25) is 4.79 Å². The molecule has 0 aliphatic heterocycles. The van der Waals surface area contributed by atoms with Gasteiger partial charge in [0.05, 0.1) is 13.2 Å². The van der Waals surface area contributed by atoms with Crippen LogP contribution in [0.3, 0.4) is 0 Å². The molecule has 1 saturated carbocycles. The summed E-state index contributed by atoms with van der Waals surface area (Å²) in [7, 11) is 1.93. The SMILES string of the molecule is CCCOc1ccc(C(=O)N(C)C2CCCCC2C)cc1OCC. The second-order valence-electron chi connectivity index (χ2n) is 6.69. The summed E-state index contributed by atoms with van der Waals surface area (Å²) in [6.07, 6.45) is 5.72. The van der Waals surface area contributed by atoms with Crippen LogP contribution in [0.2, 0.25) is 0 Å². The van der Waals surface area contributed by atoms with Crippen LogP contribution in [0.4, 0.5) is 0 Å². The highest BCUT2D eigenvalue weighted by Gasteiger charge is 2.28. The number of carbonyl (C=O) groups excluding carboxylic acids is 1. The highest BCUT2D eigenvalue weighted by Crippen LogP contribution is 2.31. The lowest BCUT2D eigenvalue weighted by Gasteiger charge is -2.36. The van der Waals surface area contributed by atoms with Crippen LogP contribution in [0.15, 0.2) is 18.2 Å². The van der Waals surface area contributed by atoms with E-state index >= 15 is 0 Å². The average molecular weight is 333 g/mol. The van der Waals surface area contributed by atoms with Crippen molar-refractivity contribution in [3.63, 3.8) is 0 Å². The van der Waals surface area contributed by atoms with E-state index in [2.05, 4.69) is 13.8 Å². The maximum Gasteiger partial charge on any atom is 0.253 e. The normalized spacial score (nSPS) is 20.5. The quantitative estimate of drug-likeness (QED) is 0.736. The summed E-state index contributed by atoms with van der Waals surface area (Å²) in [5.41, 5.74) is 0.669. The van der Waals surface area contributed by atoms with Crippen molar-refractivity contribution >= 4 is 5.91 Å². The molecule has 24 heavy (non-hydrogen) atoms. The molecule has 2 atom stereocenters. The monoisotopic (exact) mass is 333 g/mol. The van der Waals surface area contributed by atoms with E-state index in [9.17, 15) is 4.79 Å². The fourth-order valence-electron chi connectivity index (χ4n) is 3.47. The van der Waals surface area contributed by atoms with Crippen molar-refractivity contribution in [1.82, 2.24) is 4.90 Å². The molecular weight excluding hydrogens is 302 g/mol. The molecule has 4 nitrogen and oxygen atoms in total. The zero-order valence-electron chi connectivity index (χ0n) is 15.5. The zero-order chi connectivity index (χ0) is 17.5. The van der Waals surface area contributed by atoms with Crippen molar-refractivity contribution in [3.8, 4) is 11.5 Å². The van der Waals surface area contributed by atoms with E-state index in [4.69, 9.17) is 9.47 Å². The van der Waals surface area contributed by atoms with E-state index in [1.807, 2.05) is 37.1 Å². The molecule has 0 radical (unpaired) electrons. The minimum absolute atomic E-state index is 0.0664. The predicted molar refractivity (Wildman–Crippen MR) is 96.9 cm³/mol. The molecule has 0 spiro atoms. The summed E-state index contributed by atoms with van der Waals surface area (Å²) < 4.78 is 11.4. The van der Waals surface area contributed by atoms with E-state index in [0.717, 1.165) is 12.8 Å². The third kappa shape index (κ3) is 4.43. The Hall–Kier alpha value is -1.71. The van der Waals surface area contributed by atoms with Gasteiger partial charge in [0.2, 0.25) is 0 Å². The molecule has 2 rings (SSSR count). The van der Waals surface area contributed by atoms with E-state index in [0.29, 0.717) is 42.2 Å². The summed E-state index contributed by atoms with van der Waals surface area (Å²) in [6, 6.07) is 5.85. The number of hydrogen-bond donors (Lipinski definition) is 0. The van der Waals surface area contributed by atoms with Crippen molar-refractivity contribution in [2.75, 3.05) is 20.3 Å². The van der Waals surface area contributed by atoms with E-state index < -0.39 is 0 Å². The Morgan fingerprint density at radius 3 is 2.58 bits per heavy atom. The van der Waals surface area contributed by atoms with Gasteiger partial charge in [-0.15, -0.1) is 0 Å². The molecule has 1 aliphatic rings. The molecule has 1 aromatic rings. The van der Waals surface area contributed by atoms with E-state index in [1.54, 1.807) is 0 Å². The third-order valence-electron chi connectivity index (χ3n) is 4.84. The van der Waals surface area contributed by atoms with Crippen molar-refractivity contribution in [2.24, 2.45) is 5.92 Å². The molecule has 2 unspecified atom stereocenters. The van der Waals surface area contributed by atoms with Crippen molar-refractivity contribution < 1.29 is 14.3 Å². The first-order chi connectivity index (χ1) is 11.6. The van der Waals surface area contributed by atoms with Crippen molar-refractivity contribution in [2.45, 2.75) is 58.9 Å². The first-order valence-electron chi connectivity index (χ1n) is 9.25. The molecular formula is C20H31NO3. The lowest BCUT2D eigenvalue weighted by atomic mass is 9.85. The van der Waals surface area contributed by atoms with Crippen molar-refractivity contribution in [3.05, 3.63) is 23.8 Å². The largest absolute Gasteiger partial charge is 0.490 e. The van der Waals surface area contributed by atoms with Gasteiger partial charge >= 0.3 is 0 Å². The molecule has 0 saturated heterocycles. The van der Waals surface area contributed by atoms with Gasteiger partial charge in [0, 0.05) is 18.7 Å². The summed E-state index contributed by atoms with van der Waals surface area (Å²) in [4.78, 5) is 14.8. The van der Waals surface area contributed by atoms with Gasteiger partial charge in [0.25, 0.3) is 5.91 Å². The van der Waals surface area contributed by atoms with E-state index in [-0.39, 0.29) is 5.91 Å². The molecule has 1 amide bonds. The third-order valence-corrected chi connectivity index (χ3v) is 4.84. The summed E-state index contributed by atoms with van der Waals surface area (Å²) in [6.45, 7) is 7.45. The Labute approximate surface area is 146 Å². The van der Waals surface area contributed by atoms with Crippen LogP contribution < -0.4 is 9.47 Å². The van der Waals surface area contributed by atoms with Gasteiger partial charge in [-0.2, -0.15) is 0 Å². The van der Waals surface area contributed by atoms with Crippen LogP contribution in [0.25, 0.3) is 0 Å². The number of benzene rings is 1. The van der Waals surface area contributed by atoms with Gasteiger partial charge in [-0.1, -0.05) is 26.7 Å². The fraction of sp³-hybridized carbons (Fsp3) is 0.650. The van der Waals surface area contributed by atoms with Gasteiger partial charge < -0.3 is 14.4 Å². The zero-order valence-corrected chi connectivity index (χ0v) is 15.5. The van der Waals surface area contributed by atoms with Gasteiger partial charge in [0.15, 0.2) is 11.5 Å². The van der Waals surface area contributed by atoms with Gasteiger partial charge in [-0.25, -0.2) is 0 Å². The summed E-state index contributed by atoms with van der Waals surface area (Å²) in [5.74, 6) is 1.99. The minimum atomic E-state index is 0.0664. The minimum Gasteiger partial charge on any atom is -0.490 e. The Morgan fingerprint density at radius 2 is 1.92 bits per heavy atom. The standard InChI is InChI=1S/C20H31NO3/c1-5-13-24-18-12-11-16(14-19(18)23-6-2)20(22)21(4)17-10-8-7-9-15(17)3/h11-12,14-15,17H,5-10,13H2,1-4H3. The highest BCUT2D eigenvalue weighted by molar-refractivity contribution is 5.95. The Morgan fingerprint density at radius 1 is 1.17 bits per heavy atom. The molecule has 1 aliphatic carbocycles. The molecule has 0 aromatic heterocycles. The van der Waals surface area contributed by atoms with Crippen LogP contribution in [0, 0.1) is 5.92 Å². The molecule has 0 bridgehead atoms. The summed E-state index contributed by atoms with van der Waals surface area (Å²) in [5, 5.41) is 0. The Kier molecular flexibility index (Phi) is 6.95. The van der Waals surface area contributed by atoms with Crippen LogP contribution in [-0.2, 0) is 0 Å². The summed E-state index contributed by atoms with van der Waals surface area (Å²) >= 11 is 0. The van der Waals surface area contributed by atoms with Crippen LogP contribution in [-0.4, -0.2) is 37.1 Å². The number of carbonyl (C=O) groups is 1. The number of ether oxygens (including phenoxy) is 2. The number of nitrogens with zero attached hydrogens (tertiary/aromatic N) is 1. The second kappa shape index (κ2) is 8.95. The number of hydrogen-bond acceptors (Lipinski definition) is 3. The molecule has 0 N–H and O–H groups in total. The first-order valence-corrected chi connectivity index (χ1v) is 9.25.